The molecule has 0 aliphatic rings. The smallest absolute Gasteiger partial charge is 0.100 e. The SMILES string of the molecule is CCCCCCCCCC=CC[O]. The zero-order valence-corrected chi connectivity index (χ0v) is 8.93. The van der Waals surface area contributed by atoms with Gasteiger partial charge in [0.15, 0.2) is 0 Å². The summed E-state index contributed by atoms with van der Waals surface area (Å²) in [6.45, 7) is 2.18. The lowest BCUT2D eigenvalue weighted by Crippen LogP contribution is -1.79. The molecule has 1 radical (unpaired) electrons. The first-order valence-corrected chi connectivity index (χ1v) is 5.65. The molecule has 77 valence electrons. The Morgan fingerprint density at radius 1 is 0.846 bits per heavy atom. The summed E-state index contributed by atoms with van der Waals surface area (Å²) in [7, 11) is 0. The van der Waals surface area contributed by atoms with Crippen LogP contribution in [-0.4, -0.2) is 6.61 Å². The Labute approximate surface area is 82.9 Å². The molecule has 0 amide bonds. The topological polar surface area (TPSA) is 19.9 Å². The third-order valence-electron chi connectivity index (χ3n) is 2.24. The highest BCUT2D eigenvalue weighted by Gasteiger charge is 1.88. The van der Waals surface area contributed by atoms with Gasteiger partial charge in [0.25, 0.3) is 0 Å². The summed E-state index contributed by atoms with van der Waals surface area (Å²) in [5, 5.41) is 10.1. The maximum absolute atomic E-state index is 10.1. The maximum Gasteiger partial charge on any atom is 0.100 e. The van der Waals surface area contributed by atoms with Crippen LogP contribution < -0.4 is 0 Å². The van der Waals surface area contributed by atoms with E-state index in [1.807, 2.05) is 6.08 Å². The number of hydrogen-bond donors (Lipinski definition) is 0. The zero-order chi connectivity index (χ0) is 9.78. The molecule has 0 atom stereocenters. The Bertz CT molecular complexity index is 108. The van der Waals surface area contributed by atoms with Crippen LogP contribution >= 0.6 is 0 Å². The molecule has 0 rings (SSSR count). The van der Waals surface area contributed by atoms with Gasteiger partial charge in [-0.15, -0.1) is 0 Å². The molecular weight excluding hydrogens is 160 g/mol. The molecule has 1 nitrogen and oxygen atoms in total. The lowest BCUT2D eigenvalue weighted by atomic mass is 10.1. The molecule has 0 unspecified atom stereocenters. The van der Waals surface area contributed by atoms with Gasteiger partial charge < -0.3 is 0 Å². The number of allylic oxidation sites excluding steroid dienone is 1. The minimum absolute atomic E-state index is 0.0590. The maximum atomic E-state index is 10.1. The quantitative estimate of drug-likeness (QED) is 0.378. The van der Waals surface area contributed by atoms with Crippen molar-refractivity contribution in [2.24, 2.45) is 0 Å². The molecule has 0 aromatic heterocycles. The molecule has 0 saturated heterocycles. The van der Waals surface area contributed by atoms with E-state index in [1.165, 1.54) is 44.9 Å². The summed E-state index contributed by atoms with van der Waals surface area (Å²) in [5.74, 6) is 0. The first-order chi connectivity index (χ1) is 6.41. The van der Waals surface area contributed by atoms with Gasteiger partial charge in [0.05, 0.1) is 0 Å². The number of rotatable bonds is 9. The molecule has 0 saturated carbocycles. The molecule has 0 N–H and O–H groups in total. The van der Waals surface area contributed by atoms with Crippen LogP contribution in [0.3, 0.4) is 0 Å². The van der Waals surface area contributed by atoms with Crippen molar-refractivity contribution in [1.82, 2.24) is 0 Å². The van der Waals surface area contributed by atoms with Crippen molar-refractivity contribution in [3.63, 3.8) is 0 Å². The fraction of sp³-hybridized carbons (Fsp3) is 0.833. The highest BCUT2D eigenvalue weighted by atomic mass is 16.2. The fourth-order valence-corrected chi connectivity index (χ4v) is 1.41. The van der Waals surface area contributed by atoms with Crippen molar-refractivity contribution in [3.8, 4) is 0 Å². The molecular formula is C12H23O. The average molecular weight is 183 g/mol. The third kappa shape index (κ3) is 11.7. The van der Waals surface area contributed by atoms with Gasteiger partial charge in [0.2, 0.25) is 0 Å². The zero-order valence-electron chi connectivity index (χ0n) is 8.93. The Morgan fingerprint density at radius 2 is 1.46 bits per heavy atom. The van der Waals surface area contributed by atoms with Crippen LogP contribution in [0.25, 0.3) is 0 Å². The second-order valence-corrected chi connectivity index (χ2v) is 3.55. The van der Waals surface area contributed by atoms with E-state index in [0.29, 0.717) is 0 Å². The van der Waals surface area contributed by atoms with Crippen molar-refractivity contribution in [3.05, 3.63) is 12.2 Å². The van der Waals surface area contributed by atoms with Crippen LogP contribution in [0.2, 0.25) is 0 Å². The molecule has 0 aliphatic heterocycles. The molecule has 0 aromatic carbocycles. The second kappa shape index (κ2) is 11.7. The van der Waals surface area contributed by atoms with Crippen LogP contribution in [0.4, 0.5) is 0 Å². The van der Waals surface area contributed by atoms with Crippen molar-refractivity contribution < 1.29 is 5.11 Å². The van der Waals surface area contributed by atoms with Crippen LogP contribution in [-0.2, 0) is 5.11 Å². The van der Waals surface area contributed by atoms with E-state index >= 15 is 0 Å². The normalized spacial score (nSPS) is 11.2. The highest BCUT2D eigenvalue weighted by molar-refractivity contribution is 4.80. The number of unbranched alkanes of at least 4 members (excludes halogenated alkanes) is 7. The van der Waals surface area contributed by atoms with Gasteiger partial charge in [-0.3, -0.25) is 0 Å². The predicted molar refractivity (Wildman–Crippen MR) is 57.3 cm³/mol. The van der Waals surface area contributed by atoms with Crippen LogP contribution in [0.15, 0.2) is 12.2 Å². The Kier molecular flexibility index (Phi) is 11.4. The predicted octanol–water partition coefficient (Wildman–Crippen LogP) is 4.11. The van der Waals surface area contributed by atoms with Crippen LogP contribution in [0, 0.1) is 0 Å². The highest BCUT2D eigenvalue weighted by Crippen LogP contribution is 2.08. The fourth-order valence-electron chi connectivity index (χ4n) is 1.41. The third-order valence-corrected chi connectivity index (χ3v) is 2.24. The lowest BCUT2D eigenvalue weighted by Gasteiger charge is -1.98. The van der Waals surface area contributed by atoms with Gasteiger partial charge in [0, 0.05) is 0 Å². The van der Waals surface area contributed by atoms with Gasteiger partial charge in [-0.05, 0) is 12.8 Å². The minimum Gasteiger partial charge on any atom is -0.232 e. The van der Waals surface area contributed by atoms with Crippen LogP contribution in [0.1, 0.15) is 58.3 Å². The van der Waals surface area contributed by atoms with E-state index in [9.17, 15) is 5.11 Å². The molecule has 0 aliphatic carbocycles. The van der Waals surface area contributed by atoms with Gasteiger partial charge in [-0.2, -0.15) is 0 Å². The Balaban J connectivity index is 2.87. The minimum atomic E-state index is -0.0590. The molecule has 0 fully saturated rings. The monoisotopic (exact) mass is 183 g/mol. The summed E-state index contributed by atoms with van der Waals surface area (Å²) in [5.41, 5.74) is 0. The van der Waals surface area contributed by atoms with E-state index in [0.717, 1.165) is 6.42 Å². The summed E-state index contributed by atoms with van der Waals surface area (Å²) in [6, 6.07) is 0. The lowest BCUT2D eigenvalue weighted by molar-refractivity contribution is 0.232. The molecule has 0 heterocycles. The van der Waals surface area contributed by atoms with E-state index in [1.54, 1.807) is 6.08 Å². The van der Waals surface area contributed by atoms with Crippen LogP contribution in [0.5, 0.6) is 0 Å². The van der Waals surface area contributed by atoms with E-state index in [4.69, 9.17) is 0 Å². The van der Waals surface area contributed by atoms with Gasteiger partial charge in [0.1, 0.15) is 6.61 Å². The van der Waals surface area contributed by atoms with E-state index in [-0.39, 0.29) is 6.61 Å². The van der Waals surface area contributed by atoms with Crippen molar-refractivity contribution in [1.29, 1.82) is 0 Å². The molecule has 0 spiro atoms. The first kappa shape index (κ1) is 12.7. The second-order valence-electron chi connectivity index (χ2n) is 3.55. The molecule has 0 aromatic rings. The summed E-state index contributed by atoms with van der Waals surface area (Å²) >= 11 is 0. The Hall–Kier alpha value is -0.300. The Morgan fingerprint density at radius 3 is 2.08 bits per heavy atom. The number of hydrogen-bond acceptors (Lipinski definition) is 0. The van der Waals surface area contributed by atoms with Crippen molar-refractivity contribution in [2.45, 2.75) is 58.3 Å². The van der Waals surface area contributed by atoms with Crippen molar-refractivity contribution in [2.75, 3.05) is 6.61 Å². The summed E-state index contributed by atoms with van der Waals surface area (Å²) in [4.78, 5) is 0. The van der Waals surface area contributed by atoms with E-state index in [2.05, 4.69) is 6.92 Å². The van der Waals surface area contributed by atoms with Crippen molar-refractivity contribution >= 4 is 0 Å². The molecule has 1 heteroatoms. The standard InChI is InChI=1S/C12H23O/c1-2-3-4-5-6-7-8-9-10-11-12-13/h10-11H,2-9,12H2,1H3. The largest absolute Gasteiger partial charge is 0.232 e. The summed E-state index contributed by atoms with van der Waals surface area (Å²) in [6.07, 6.45) is 14.3. The average Bonchev–Trinajstić information content (AvgIpc) is 2.16. The van der Waals surface area contributed by atoms with E-state index < -0.39 is 0 Å². The first-order valence-electron chi connectivity index (χ1n) is 5.65. The molecule has 13 heavy (non-hydrogen) atoms. The summed E-state index contributed by atoms with van der Waals surface area (Å²) < 4.78 is 0. The van der Waals surface area contributed by atoms with Gasteiger partial charge in [-0.25, -0.2) is 5.11 Å². The van der Waals surface area contributed by atoms with Gasteiger partial charge in [-0.1, -0.05) is 57.6 Å². The van der Waals surface area contributed by atoms with Gasteiger partial charge >= 0.3 is 0 Å². The molecule has 0 bridgehead atoms.